The van der Waals surface area contributed by atoms with E-state index in [0.717, 1.165) is 0 Å². The van der Waals surface area contributed by atoms with Crippen molar-refractivity contribution in [3.63, 3.8) is 0 Å². The standard InChI is InChI=1S/C13H22N4O4/c1-7(2)9-11(17(19)20)12(16(5)15-9)14-10(8(3)4)13(18)21-6/h7-8,10,14H,1-6H3. The number of anilines is 1. The van der Waals surface area contributed by atoms with Crippen molar-refractivity contribution >= 4 is 17.5 Å². The van der Waals surface area contributed by atoms with E-state index >= 15 is 0 Å². The van der Waals surface area contributed by atoms with E-state index in [-0.39, 0.29) is 23.3 Å². The number of aromatic nitrogens is 2. The number of carbonyl (C=O) groups excluding carboxylic acids is 1. The Hall–Kier alpha value is -2.12. The van der Waals surface area contributed by atoms with Crippen molar-refractivity contribution < 1.29 is 14.5 Å². The van der Waals surface area contributed by atoms with E-state index in [1.54, 1.807) is 7.05 Å². The Bertz CT molecular complexity index is 537. The third kappa shape index (κ3) is 3.50. The summed E-state index contributed by atoms with van der Waals surface area (Å²) >= 11 is 0. The number of carbonyl (C=O) groups is 1. The summed E-state index contributed by atoms with van der Waals surface area (Å²) < 4.78 is 6.13. The predicted octanol–water partition coefficient (Wildman–Crippen LogP) is 2.06. The fourth-order valence-corrected chi connectivity index (χ4v) is 2.04. The van der Waals surface area contributed by atoms with Gasteiger partial charge in [0.1, 0.15) is 11.7 Å². The minimum Gasteiger partial charge on any atom is -0.467 e. The molecule has 0 aliphatic heterocycles. The molecular formula is C13H22N4O4. The SMILES string of the molecule is COC(=O)C(Nc1c([N+](=O)[O-])c(C(C)C)nn1C)C(C)C. The van der Waals surface area contributed by atoms with Crippen LogP contribution in [0.5, 0.6) is 0 Å². The van der Waals surface area contributed by atoms with E-state index in [1.807, 2.05) is 27.7 Å². The summed E-state index contributed by atoms with van der Waals surface area (Å²) in [5, 5.41) is 18.4. The molecule has 1 rings (SSSR count). The second-order valence-electron chi connectivity index (χ2n) is 5.51. The van der Waals surface area contributed by atoms with Crippen LogP contribution >= 0.6 is 0 Å². The largest absolute Gasteiger partial charge is 0.467 e. The Balaban J connectivity index is 3.29. The molecular weight excluding hydrogens is 276 g/mol. The van der Waals surface area contributed by atoms with Gasteiger partial charge in [0.05, 0.1) is 12.0 Å². The lowest BCUT2D eigenvalue weighted by Gasteiger charge is -2.20. The minimum absolute atomic E-state index is 0.0885. The molecule has 1 aromatic heterocycles. The van der Waals surface area contributed by atoms with Crippen LogP contribution in [0.4, 0.5) is 11.5 Å². The predicted molar refractivity (Wildman–Crippen MR) is 78.2 cm³/mol. The third-order valence-corrected chi connectivity index (χ3v) is 3.19. The fourth-order valence-electron chi connectivity index (χ4n) is 2.04. The first-order chi connectivity index (χ1) is 9.70. The van der Waals surface area contributed by atoms with Gasteiger partial charge in [0.25, 0.3) is 0 Å². The zero-order valence-corrected chi connectivity index (χ0v) is 13.2. The van der Waals surface area contributed by atoms with Crippen molar-refractivity contribution in [2.24, 2.45) is 13.0 Å². The van der Waals surface area contributed by atoms with Crippen LogP contribution in [-0.4, -0.2) is 33.8 Å². The second-order valence-corrected chi connectivity index (χ2v) is 5.51. The number of aryl methyl sites for hydroxylation is 1. The van der Waals surface area contributed by atoms with E-state index in [4.69, 9.17) is 4.74 Å². The lowest BCUT2D eigenvalue weighted by molar-refractivity contribution is -0.384. The summed E-state index contributed by atoms with van der Waals surface area (Å²) in [5.41, 5.74) is 0.291. The maximum Gasteiger partial charge on any atom is 0.334 e. The van der Waals surface area contributed by atoms with Crippen molar-refractivity contribution in [1.82, 2.24) is 9.78 Å². The lowest BCUT2D eigenvalue weighted by Crippen LogP contribution is -2.36. The number of ether oxygens (including phenoxy) is 1. The van der Waals surface area contributed by atoms with E-state index in [1.165, 1.54) is 11.8 Å². The molecule has 0 radical (unpaired) electrons. The van der Waals surface area contributed by atoms with Gasteiger partial charge in [-0.15, -0.1) is 0 Å². The number of hydrogen-bond donors (Lipinski definition) is 1. The Kier molecular flexibility index (Phi) is 5.28. The Morgan fingerprint density at radius 3 is 2.33 bits per heavy atom. The van der Waals surface area contributed by atoms with Crippen LogP contribution in [0.3, 0.4) is 0 Å². The zero-order chi connectivity index (χ0) is 16.3. The zero-order valence-electron chi connectivity index (χ0n) is 13.2. The molecule has 0 bridgehead atoms. The molecule has 1 aromatic rings. The highest BCUT2D eigenvalue weighted by atomic mass is 16.6. The second kappa shape index (κ2) is 6.55. The van der Waals surface area contributed by atoms with Gasteiger partial charge in [0.2, 0.25) is 5.82 Å². The average molecular weight is 298 g/mol. The van der Waals surface area contributed by atoms with Crippen molar-refractivity contribution in [3.05, 3.63) is 15.8 Å². The highest BCUT2D eigenvalue weighted by molar-refractivity contribution is 5.80. The number of esters is 1. The number of nitrogens with one attached hydrogen (secondary N) is 1. The molecule has 0 saturated heterocycles. The molecule has 1 heterocycles. The van der Waals surface area contributed by atoms with Crippen molar-refractivity contribution in [3.8, 4) is 0 Å². The van der Waals surface area contributed by atoms with Crippen molar-refractivity contribution in [2.45, 2.75) is 39.7 Å². The normalized spacial score (nSPS) is 12.6. The Labute approximate surface area is 123 Å². The molecule has 21 heavy (non-hydrogen) atoms. The fraction of sp³-hybridized carbons (Fsp3) is 0.692. The van der Waals surface area contributed by atoms with Gasteiger partial charge in [-0.3, -0.25) is 10.1 Å². The van der Waals surface area contributed by atoms with Crippen LogP contribution in [0.15, 0.2) is 0 Å². The molecule has 0 aromatic carbocycles. The summed E-state index contributed by atoms with van der Waals surface area (Å²) in [5.74, 6) is -0.434. The van der Waals surface area contributed by atoms with Crippen LogP contribution in [0.25, 0.3) is 0 Å². The first-order valence-corrected chi connectivity index (χ1v) is 6.76. The number of methoxy groups -OCH3 is 1. The molecule has 1 unspecified atom stereocenters. The van der Waals surface area contributed by atoms with Crippen LogP contribution in [0, 0.1) is 16.0 Å². The van der Waals surface area contributed by atoms with E-state index in [2.05, 4.69) is 10.4 Å². The van der Waals surface area contributed by atoms with Gasteiger partial charge in [0, 0.05) is 13.0 Å². The molecule has 0 spiro atoms. The first kappa shape index (κ1) is 16.9. The summed E-state index contributed by atoms with van der Waals surface area (Å²) in [4.78, 5) is 22.7. The van der Waals surface area contributed by atoms with Gasteiger partial charge < -0.3 is 10.1 Å². The molecule has 8 heteroatoms. The number of nitro groups is 1. The van der Waals surface area contributed by atoms with E-state index < -0.39 is 16.9 Å². The summed E-state index contributed by atoms with van der Waals surface area (Å²) in [6.45, 7) is 7.33. The van der Waals surface area contributed by atoms with E-state index in [9.17, 15) is 14.9 Å². The molecule has 0 fully saturated rings. The number of hydrogen-bond acceptors (Lipinski definition) is 6. The van der Waals surface area contributed by atoms with Crippen molar-refractivity contribution in [1.29, 1.82) is 0 Å². The smallest absolute Gasteiger partial charge is 0.334 e. The van der Waals surface area contributed by atoms with Crippen molar-refractivity contribution in [2.75, 3.05) is 12.4 Å². The van der Waals surface area contributed by atoms with Crippen LogP contribution in [0.1, 0.15) is 39.3 Å². The molecule has 1 N–H and O–H groups in total. The molecule has 1 atom stereocenters. The Morgan fingerprint density at radius 2 is 1.95 bits per heavy atom. The van der Waals surface area contributed by atoms with Gasteiger partial charge in [-0.2, -0.15) is 5.10 Å². The van der Waals surface area contributed by atoms with Gasteiger partial charge in [-0.25, -0.2) is 9.48 Å². The quantitative estimate of drug-likeness (QED) is 0.490. The maximum absolute atomic E-state index is 11.8. The van der Waals surface area contributed by atoms with Gasteiger partial charge in [-0.1, -0.05) is 27.7 Å². The monoisotopic (exact) mass is 298 g/mol. The topological polar surface area (TPSA) is 99.3 Å². The Morgan fingerprint density at radius 1 is 1.38 bits per heavy atom. The maximum atomic E-state index is 11.8. The van der Waals surface area contributed by atoms with E-state index in [0.29, 0.717) is 5.69 Å². The summed E-state index contributed by atoms with van der Waals surface area (Å²) in [7, 11) is 2.90. The summed E-state index contributed by atoms with van der Waals surface area (Å²) in [6.07, 6.45) is 0. The van der Waals surface area contributed by atoms with Gasteiger partial charge in [-0.05, 0) is 5.92 Å². The first-order valence-electron chi connectivity index (χ1n) is 6.76. The highest BCUT2D eigenvalue weighted by Gasteiger charge is 2.32. The van der Waals surface area contributed by atoms with Crippen LogP contribution in [0.2, 0.25) is 0 Å². The minimum atomic E-state index is -0.677. The number of rotatable bonds is 6. The number of nitrogens with zero attached hydrogens (tertiary/aromatic N) is 3. The molecule has 118 valence electrons. The molecule has 0 aliphatic carbocycles. The molecule has 0 amide bonds. The average Bonchev–Trinajstić information content (AvgIpc) is 2.72. The molecule has 0 saturated carbocycles. The van der Waals surface area contributed by atoms with Crippen LogP contribution < -0.4 is 5.32 Å². The van der Waals surface area contributed by atoms with Gasteiger partial charge in [0.15, 0.2) is 0 Å². The molecule has 8 nitrogen and oxygen atoms in total. The third-order valence-electron chi connectivity index (χ3n) is 3.19. The summed E-state index contributed by atoms with van der Waals surface area (Å²) in [6, 6.07) is -0.677. The van der Waals surface area contributed by atoms with Crippen LogP contribution in [-0.2, 0) is 16.6 Å². The van der Waals surface area contributed by atoms with Gasteiger partial charge >= 0.3 is 11.7 Å². The highest BCUT2D eigenvalue weighted by Crippen LogP contribution is 2.33. The molecule has 0 aliphatic rings. The lowest BCUT2D eigenvalue weighted by atomic mass is 10.0.